The molecule has 7 nitrogen and oxygen atoms in total. The summed E-state index contributed by atoms with van der Waals surface area (Å²) in [5, 5.41) is 4.56. The number of rotatable bonds is 4. The van der Waals surface area contributed by atoms with Gasteiger partial charge in [0.25, 0.3) is 5.79 Å². The van der Waals surface area contributed by atoms with E-state index < -0.39 is 17.7 Å². The van der Waals surface area contributed by atoms with Crippen molar-refractivity contribution in [3.63, 3.8) is 0 Å². The number of aromatic nitrogens is 2. The van der Waals surface area contributed by atoms with Crippen LogP contribution < -0.4 is 4.74 Å². The lowest BCUT2D eigenvalue weighted by Crippen LogP contribution is -2.41. The van der Waals surface area contributed by atoms with Crippen LogP contribution in [0.15, 0.2) is 66.2 Å². The summed E-state index contributed by atoms with van der Waals surface area (Å²) in [4.78, 5) is 24.8. The third kappa shape index (κ3) is 3.82. The van der Waals surface area contributed by atoms with E-state index in [-0.39, 0.29) is 5.57 Å². The summed E-state index contributed by atoms with van der Waals surface area (Å²) in [6.07, 6.45) is 1.40. The standard InChI is InChI=1S/C23H20N2O5/c1-15-18(14-19-21(26)29-23(2,3)30-22(19)27)20(28-17-12-8-5-9-13-17)25(24-15)16-10-6-4-7-11-16/h4-14H,1-3H3. The number of benzene rings is 2. The second-order valence-electron chi connectivity index (χ2n) is 7.20. The quantitative estimate of drug-likeness (QED) is 0.368. The predicted molar refractivity (Wildman–Crippen MR) is 109 cm³/mol. The minimum absolute atomic E-state index is 0.219. The van der Waals surface area contributed by atoms with Gasteiger partial charge in [-0.05, 0) is 37.3 Å². The summed E-state index contributed by atoms with van der Waals surface area (Å²) in [7, 11) is 0. The molecule has 2 aromatic carbocycles. The molecule has 4 rings (SSSR count). The van der Waals surface area contributed by atoms with Crippen molar-refractivity contribution in [2.45, 2.75) is 26.6 Å². The maximum Gasteiger partial charge on any atom is 0.348 e. The van der Waals surface area contributed by atoms with Gasteiger partial charge in [0.1, 0.15) is 11.3 Å². The van der Waals surface area contributed by atoms with Gasteiger partial charge in [-0.15, -0.1) is 0 Å². The minimum Gasteiger partial charge on any atom is -0.438 e. The zero-order chi connectivity index (χ0) is 21.3. The Morgan fingerprint density at radius 1 is 0.933 bits per heavy atom. The lowest BCUT2D eigenvalue weighted by molar-refractivity contribution is -0.222. The van der Waals surface area contributed by atoms with Crippen LogP contribution in [0.3, 0.4) is 0 Å². The van der Waals surface area contributed by atoms with Crippen molar-refractivity contribution in [3.8, 4) is 17.3 Å². The van der Waals surface area contributed by atoms with E-state index in [1.54, 1.807) is 23.7 Å². The molecule has 0 amide bonds. The zero-order valence-electron chi connectivity index (χ0n) is 16.8. The van der Waals surface area contributed by atoms with E-state index >= 15 is 0 Å². The van der Waals surface area contributed by atoms with Gasteiger partial charge in [0.15, 0.2) is 0 Å². The molecule has 1 fully saturated rings. The number of esters is 2. The largest absolute Gasteiger partial charge is 0.438 e. The van der Waals surface area contributed by atoms with Gasteiger partial charge in [-0.3, -0.25) is 0 Å². The second kappa shape index (κ2) is 7.51. The molecule has 3 aromatic rings. The van der Waals surface area contributed by atoms with Gasteiger partial charge in [0.05, 0.1) is 16.9 Å². The molecule has 152 valence electrons. The maximum absolute atomic E-state index is 12.4. The number of para-hydroxylation sites is 2. The summed E-state index contributed by atoms with van der Waals surface area (Å²) in [5.41, 5.74) is 1.60. The van der Waals surface area contributed by atoms with Gasteiger partial charge >= 0.3 is 11.9 Å². The molecule has 2 heterocycles. The van der Waals surface area contributed by atoms with Crippen molar-refractivity contribution < 1.29 is 23.8 Å². The van der Waals surface area contributed by atoms with Gasteiger partial charge in [0, 0.05) is 13.8 Å². The average Bonchev–Trinajstić information content (AvgIpc) is 3.01. The molecule has 0 bridgehead atoms. The highest BCUT2D eigenvalue weighted by molar-refractivity contribution is 6.19. The van der Waals surface area contributed by atoms with E-state index in [2.05, 4.69) is 5.10 Å². The van der Waals surface area contributed by atoms with Crippen LogP contribution >= 0.6 is 0 Å². The second-order valence-corrected chi connectivity index (χ2v) is 7.20. The van der Waals surface area contributed by atoms with Crippen molar-refractivity contribution in [2.24, 2.45) is 0 Å². The first-order chi connectivity index (χ1) is 14.3. The Hall–Kier alpha value is -3.87. The van der Waals surface area contributed by atoms with Crippen LogP contribution in [-0.2, 0) is 19.1 Å². The first-order valence-corrected chi connectivity index (χ1v) is 9.40. The van der Waals surface area contributed by atoms with Gasteiger partial charge in [-0.25, -0.2) is 9.59 Å². The van der Waals surface area contributed by atoms with E-state index in [0.29, 0.717) is 22.9 Å². The molecule has 1 aliphatic rings. The van der Waals surface area contributed by atoms with Gasteiger partial charge < -0.3 is 14.2 Å². The molecule has 0 atom stereocenters. The third-order valence-electron chi connectivity index (χ3n) is 4.43. The average molecular weight is 404 g/mol. The van der Waals surface area contributed by atoms with Crippen LogP contribution in [0.1, 0.15) is 25.1 Å². The van der Waals surface area contributed by atoms with E-state index in [1.165, 1.54) is 19.9 Å². The number of carbonyl (C=O) groups is 2. The molecule has 1 aliphatic heterocycles. The highest BCUT2D eigenvalue weighted by Crippen LogP contribution is 2.33. The van der Waals surface area contributed by atoms with E-state index in [0.717, 1.165) is 5.69 Å². The van der Waals surface area contributed by atoms with Crippen LogP contribution in [0.4, 0.5) is 0 Å². The van der Waals surface area contributed by atoms with E-state index in [9.17, 15) is 9.59 Å². The summed E-state index contributed by atoms with van der Waals surface area (Å²) < 4.78 is 18.1. The van der Waals surface area contributed by atoms with Crippen LogP contribution in [0.5, 0.6) is 11.6 Å². The summed E-state index contributed by atoms with van der Waals surface area (Å²) >= 11 is 0. The fraction of sp³-hybridized carbons (Fsp3) is 0.174. The molecule has 1 aromatic heterocycles. The van der Waals surface area contributed by atoms with E-state index in [4.69, 9.17) is 14.2 Å². The Bertz CT molecular complexity index is 1110. The van der Waals surface area contributed by atoms with Crippen molar-refractivity contribution >= 4 is 18.0 Å². The molecule has 30 heavy (non-hydrogen) atoms. The molecule has 0 radical (unpaired) electrons. The number of hydrogen-bond donors (Lipinski definition) is 0. The summed E-state index contributed by atoms with van der Waals surface area (Å²) in [6.45, 7) is 4.78. The number of carbonyl (C=O) groups excluding carboxylic acids is 2. The summed E-state index contributed by atoms with van der Waals surface area (Å²) in [5.74, 6) is -1.87. The molecule has 0 aliphatic carbocycles. The number of nitrogens with zero attached hydrogens (tertiary/aromatic N) is 2. The van der Waals surface area contributed by atoms with Crippen LogP contribution in [0.25, 0.3) is 11.8 Å². The highest BCUT2D eigenvalue weighted by atomic mass is 16.7. The fourth-order valence-electron chi connectivity index (χ4n) is 3.05. The summed E-state index contributed by atoms with van der Waals surface area (Å²) in [6, 6.07) is 18.6. The predicted octanol–water partition coefficient (Wildman–Crippen LogP) is 4.19. The minimum atomic E-state index is -1.31. The molecule has 0 spiro atoms. The first kappa shape index (κ1) is 19.4. The van der Waals surface area contributed by atoms with Crippen molar-refractivity contribution in [1.82, 2.24) is 9.78 Å². The first-order valence-electron chi connectivity index (χ1n) is 9.40. The lowest BCUT2D eigenvalue weighted by Gasteiger charge is -2.29. The number of ether oxygens (including phenoxy) is 3. The molecule has 7 heteroatoms. The van der Waals surface area contributed by atoms with Crippen LogP contribution in [0, 0.1) is 6.92 Å². The third-order valence-corrected chi connectivity index (χ3v) is 4.43. The fourth-order valence-corrected chi connectivity index (χ4v) is 3.05. The maximum atomic E-state index is 12.4. The molecule has 0 unspecified atom stereocenters. The van der Waals surface area contributed by atoms with Gasteiger partial charge in [-0.2, -0.15) is 9.78 Å². The Morgan fingerprint density at radius 3 is 2.10 bits per heavy atom. The lowest BCUT2D eigenvalue weighted by atomic mass is 10.1. The number of hydrogen-bond acceptors (Lipinski definition) is 6. The molecular formula is C23H20N2O5. The van der Waals surface area contributed by atoms with Gasteiger partial charge in [-0.1, -0.05) is 36.4 Å². The SMILES string of the molecule is Cc1nn(-c2ccccc2)c(Oc2ccccc2)c1C=C1C(=O)OC(C)(C)OC1=O. The normalized spacial score (nSPS) is 15.4. The Morgan fingerprint density at radius 2 is 1.50 bits per heavy atom. The highest BCUT2D eigenvalue weighted by Gasteiger charge is 2.39. The Labute approximate surface area is 173 Å². The zero-order valence-corrected chi connectivity index (χ0v) is 16.8. The number of cyclic esters (lactones) is 2. The topological polar surface area (TPSA) is 79.7 Å². The number of aryl methyl sites for hydroxylation is 1. The molecule has 0 saturated carbocycles. The smallest absolute Gasteiger partial charge is 0.348 e. The van der Waals surface area contributed by atoms with Crippen LogP contribution in [0.2, 0.25) is 0 Å². The molecule has 0 N–H and O–H groups in total. The molecular weight excluding hydrogens is 384 g/mol. The Kier molecular flexibility index (Phi) is 4.87. The van der Waals surface area contributed by atoms with Crippen molar-refractivity contribution in [3.05, 3.63) is 77.5 Å². The monoisotopic (exact) mass is 404 g/mol. The van der Waals surface area contributed by atoms with E-state index in [1.807, 2.05) is 48.5 Å². The molecule has 1 saturated heterocycles. The van der Waals surface area contributed by atoms with Crippen molar-refractivity contribution in [2.75, 3.05) is 0 Å². The van der Waals surface area contributed by atoms with Crippen molar-refractivity contribution in [1.29, 1.82) is 0 Å². The van der Waals surface area contributed by atoms with Crippen LogP contribution in [-0.4, -0.2) is 27.5 Å². The van der Waals surface area contributed by atoms with Gasteiger partial charge in [0.2, 0.25) is 5.88 Å². The Balaban J connectivity index is 1.84.